The summed E-state index contributed by atoms with van der Waals surface area (Å²) in [6.45, 7) is 4.19. The van der Waals surface area contributed by atoms with Gasteiger partial charge in [0.05, 0.1) is 0 Å². The zero-order valence-corrected chi connectivity index (χ0v) is 10.2. The number of rotatable bonds is 3. The van der Waals surface area contributed by atoms with Gasteiger partial charge >= 0.3 is 0 Å². The quantitative estimate of drug-likeness (QED) is 0.841. The minimum Gasteiger partial charge on any atom is -0.340 e. The molecular formula is C13H19N3O. The van der Waals surface area contributed by atoms with Crippen molar-refractivity contribution in [1.82, 2.24) is 15.2 Å². The number of pyridine rings is 1. The smallest absolute Gasteiger partial charge is 0.219 e. The predicted molar refractivity (Wildman–Crippen MR) is 66.6 cm³/mol. The van der Waals surface area contributed by atoms with Crippen molar-refractivity contribution in [2.75, 3.05) is 19.6 Å². The lowest BCUT2D eigenvalue weighted by molar-refractivity contribution is -0.130. The molecule has 0 radical (unpaired) electrons. The Kier molecular flexibility index (Phi) is 4.09. The molecule has 0 spiro atoms. The molecule has 1 unspecified atom stereocenters. The highest BCUT2D eigenvalue weighted by atomic mass is 16.2. The highest BCUT2D eigenvalue weighted by molar-refractivity contribution is 5.73. The van der Waals surface area contributed by atoms with Crippen LogP contribution in [0.4, 0.5) is 0 Å². The largest absolute Gasteiger partial charge is 0.340 e. The molecule has 0 aromatic carbocycles. The summed E-state index contributed by atoms with van der Waals surface area (Å²) in [5, 5.41) is 3.45. The minimum absolute atomic E-state index is 0.175. The van der Waals surface area contributed by atoms with Crippen LogP contribution in [-0.2, 0) is 11.2 Å². The molecule has 0 saturated carbocycles. The summed E-state index contributed by atoms with van der Waals surface area (Å²) < 4.78 is 0. The zero-order valence-electron chi connectivity index (χ0n) is 10.2. The zero-order chi connectivity index (χ0) is 12.1. The standard InChI is InChI=1S/C13H19N3O/c1-11(17)16-9-8-15-13(10-16)6-5-12-4-2-3-7-14-12/h2-4,7,13,15H,5-6,8-10H2,1H3. The lowest BCUT2D eigenvalue weighted by Gasteiger charge is -2.33. The van der Waals surface area contributed by atoms with Gasteiger partial charge in [0.1, 0.15) is 0 Å². The number of piperazine rings is 1. The van der Waals surface area contributed by atoms with Crippen LogP contribution >= 0.6 is 0 Å². The molecule has 2 rings (SSSR count). The number of nitrogens with one attached hydrogen (secondary N) is 1. The molecule has 1 saturated heterocycles. The summed E-state index contributed by atoms with van der Waals surface area (Å²) in [7, 11) is 0. The number of nitrogens with zero attached hydrogens (tertiary/aromatic N) is 2. The lowest BCUT2D eigenvalue weighted by Crippen LogP contribution is -2.52. The Labute approximate surface area is 102 Å². The third-order valence-corrected chi connectivity index (χ3v) is 3.18. The molecule has 1 N–H and O–H groups in total. The third-order valence-electron chi connectivity index (χ3n) is 3.18. The Hall–Kier alpha value is -1.42. The van der Waals surface area contributed by atoms with Gasteiger partial charge in [0.25, 0.3) is 0 Å². The molecule has 1 fully saturated rings. The van der Waals surface area contributed by atoms with Crippen LogP contribution in [-0.4, -0.2) is 41.5 Å². The Bertz CT molecular complexity index is 366. The van der Waals surface area contributed by atoms with Crippen molar-refractivity contribution in [2.45, 2.75) is 25.8 Å². The normalized spacial score (nSPS) is 20.3. The van der Waals surface area contributed by atoms with E-state index in [4.69, 9.17) is 0 Å². The first-order chi connectivity index (χ1) is 8.25. The molecular weight excluding hydrogens is 214 g/mol. The number of aromatic nitrogens is 1. The summed E-state index contributed by atoms with van der Waals surface area (Å²) >= 11 is 0. The molecule has 1 aromatic heterocycles. The average Bonchev–Trinajstić information content (AvgIpc) is 2.38. The fourth-order valence-corrected chi connectivity index (χ4v) is 2.17. The van der Waals surface area contributed by atoms with Gasteiger partial charge in [0, 0.05) is 44.5 Å². The Balaban J connectivity index is 1.81. The van der Waals surface area contributed by atoms with Gasteiger partial charge in [0.2, 0.25) is 5.91 Å². The average molecular weight is 233 g/mol. The van der Waals surface area contributed by atoms with Crippen LogP contribution < -0.4 is 5.32 Å². The van der Waals surface area contributed by atoms with Crippen LogP contribution in [0.15, 0.2) is 24.4 Å². The first-order valence-electron chi connectivity index (χ1n) is 6.14. The first-order valence-corrected chi connectivity index (χ1v) is 6.14. The van der Waals surface area contributed by atoms with Gasteiger partial charge in [-0.15, -0.1) is 0 Å². The molecule has 1 atom stereocenters. The van der Waals surface area contributed by atoms with Gasteiger partial charge in [-0.05, 0) is 25.0 Å². The van der Waals surface area contributed by atoms with E-state index in [9.17, 15) is 4.79 Å². The van der Waals surface area contributed by atoms with Gasteiger partial charge in [-0.3, -0.25) is 9.78 Å². The molecule has 0 aliphatic carbocycles. The maximum absolute atomic E-state index is 11.3. The first kappa shape index (κ1) is 12.0. The fraction of sp³-hybridized carbons (Fsp3) is 0.538. The Morgan fingerprint density at radius 2 is 2.47 bits per heavy atom. The summed E-state index contributed by atoms with van der Waals surface area (Å²) in [5.41, 5.74) is 1.12. The van der Waals surface area contributed by atoms with Crippen LogP contribution in [0.1, 0.15) is 19.0 Å². The highest BCUT2D eigenvalue weighted by Gasteiger charge is 2.20. The summed E-state index contributed by atoms with van der Waals surface area (Å²) in [6, 6.07) is 6.39. The van der Waals surface area contributed by atoms with Gasteiger partial charge in [-0.25, -0.2) is 0 Å². The van der Waals surface area contributed by atoms with Crippen LogP contribution in [0.5, 0.6) is 0 Å². The van der Waals surface area contributed by atoms with E-state index >= 15 is 0 Å². The number of amides is 1. The number of hydrogen-bond donors (Lipinski definition) is 1. The number of carbonyl (C=O) groups is 1. The van der Waals surface area contributed by atoms with Crippen LogP contribution in [0, 0.1) is 0 Å². The molecule has 17 heavy (non-hydrogen) atoms. The monoisotopic (exact) mass is 233 g/mol. The molecule has 4 heteroatoms. The van der Waals surface area contributed by atoms with Crippen LogP contribution in [0.3, 0.4) is 0 Å². The van der Waals surface area contributed by atoms with Crippen LogP contribution in [0.2, 0.25) is 0 Å². The Morgan fingerprint density at radius 1 is 1.59 bits per heavy atom. The molecule has 1 aliphatic heterocycles. The van der Waals surface area contributed by atoms with Crippen LogP contribution in [0.25, 0.3) is 0 Å². The molecule has 4 nitrogen and oxygen atoms in total. The summed E-state index contributed by atoms with van der Waals surface area (Å²) in [5.74, 6) is 0.175. The van der Waals surface area contributed by atoms with Crippen molar-refractivity contribution in [3.05, 3.63) is 30.1 Å². The third kappa shape index (κ3) is 3.53. The van der Waals surface area contributed by atoms with E-state index in [2.05, 4.69) is 10.3 Å². The van der Waals surface area contributed by atoms with E-state index in [-0.39, 0.29) is 5.91 Å². The number of hydrogen-bond acceptors (Lipinski definition) is 3. The van der Waals surface area contributed by atoms with E-state index in [1.165, 1.54) is 0 Å². The van der Waals surface area contributed by atoms with Crippen molar-refractivity contribution in [3.63, 3.8) is 0 Å². The van der Waals surface area contributed by atoms with Gasteiger partial charge < -0.3 is 10.2 Å². The van der Waals surface area contributed by atoms with Crippen molar-refractivity contribution in [3.8, 4) is 0 Å². The van der Waals surface area contributed by atoms with E-state index < -0.39 is 0 Å². The highest BCUT2D eigenvalue weighted by Crippen LogP contribution is 2.07. The molecule has 1 aromatic rings. The summed E-state index contributed by atoms with van der Waals surface area (Å²) in [6.07, 6.45) is 3.82. The predicted octanol–water partition coefficient (Wildman–Crippen LogP) is 0.834. The second-order valence-electron chi connectivity index (χ2n) is 4.48. The molecule has 1 aliphatic rings. The molecule has 92 valence electrons. The molecule has 0 bridgehead atoms. The van der Waals surface area contributed by atoms with E-state index in [0.717, 1.165) is 38.2 Å². The van der Waals surface area contributed by atoms with E-state index in [1.807, 2.05) is 29.3 Å². The minimum atomic E-state index is 0.175. The van der Waals surface area contributed by atoms with Gasteiger partial charge in [0.15, 0.2) is 0 Å². The Morgan fingerprint density at radius 3 is 3.18 bits per heavy atom. The van der Waals surface area contributed by atoms with Crippen molar-refractivity contribution >= 4 is 5.91 Å². The maximum Gasteiger partial charge on any atom is 0.219 e. The second-order valence-corrected chi connectivity index (χ2v) is 4.48. The fourth-order valence-electron chi connectivity index (χ4n) is 2.17. The van der Waals surface area contributed by atoms with E-state index in [1.54, 1.807) is 6.92 Å². The summed E-state index contributed by atoms with van der Waals surface area (Å²) in [4.78, 5) is 17.5. The second kappa shape index (κ2) is 5.77. The maximum atomic E-state index is 11.3. The van der Waals surface area contributed by atoms with Gasteiger partial charge in [-0.2, -0.15) is 0 Å². The molecule has 2 heterocycles. The lowest BCUT2D eigenvalue weighted by atomic mass is 10.1. The van der Waals surface area contributed by atoms with E-state index in [0.29, 0.717) is 6.04 Å². The van der Waals surface area contributed by atoms with Crippen molar-refractivity contribution in [1.29, 1.82) is 0 Å². The SMILES string of the molecule is CC(=O)N1CCNC(CCc2ccccn2)C1. The van der Waals surface area contributed by atoms with Gasteiger partial charge in [-0.1, -0.05) is 6.07 Å². The number of carbonyl (C=O) groups excluding carboxylic acids is 1. The van der Waals surface area contributed by atoms with Crippen molar-refractivity contribution < 1.29 is 4.79 Å². The number of aryl methyl sites for hydroxylation is 1. The molecule has 1 amide bonds. The topological polar surface area (TPSA) is 45.2 Å². The van der Waals surface area contributed by atoms with Crippen molar-refractivity contribution in [2.24, 2.45) is 0 Å².